The smallest absolute Gasteiger partial charge is 0.195 e. The van der Waals surface area contributed by atoms with Crippen molar-refractivity contribution in [2.75, 3.05) is 0 Å². The van der Waals surface area contributed by atoms with Crippen LogP contribution in [-0.4, -0.2) is 15.6 Å². The highest BCUT2D eigenvalue weighted by molar-refractivity contribution is 7.14. The Morgan fingerprint density at radius 1 is 1.37 bits per heavy atom. The predicted molar refractivity (Wildman–Crippen MR) is 79.6 cm³/mol. The van der Waals surface area contributed by atoms with E-state index in [1.807, 2.05) is 35.9 Å². The molecule has 0 fully saturated rings. The van der Waals surface area contributed by atoms with Crippen molar-refractivity contribution in [1.29, 1.82) is 0 Å². The Labute approximate surface area is 117 Å². The van der Waals surface area contributed by atoms with Gasteiger partial charge in [-0.25, -0.2) is 0 Å². The summed E-state index contributed by atoms with van der Waals surface area (Å²) in [5, 5.41) is 4.17. The molecule has 0 radical (unpaired) electrons. The van der Waals surface area contributed by atoms with Gasteiger partial charge in [0.15, 0.2) is 5.78 Å². The second-order valence-corrected chi connectivity index (χ2v) is 5.45. The van der Waals surface area contributed by atoms with Crippen LogP contribution in [0.2, 0.25) is 0 Å². The number of hydrogen-bond acceptors (Lipinski definition) is 3. The molecule has 2 aromatic heterocycles. The van der Waals surface area contributed by atoms with Crippen LogP contribution in [0.25, 0.3) is 6.08 Å². The monoisotopic (exact) mass is 274 g/mol. The van der Waals surface area contributed by atoms with Gasteiger partial charge in [-0.1, -0.05) is 13.3 Å². The quantitative estimate of drug-likeness (QED) is 0.593. The zero-order valence-electron chi connectivity index (χ0n) is 11.3. The Morgan fingerprint density at radius 2 is 2.21 bits per heavy atom. The lowest BCUT2D eigenvalue weighted by molar-refractivity contribution is 0.105. The van der Waals surface area contributed by atoms with Crippen LogP contribution in [0.1, 0.15) is 40.5 Å². The fraction of sp³-hybridized carbons (Fsp3) is 0.333. The first-order valence-corrected chi connectivity index (χ1v) is 7.39. The lowest BCUT2D eigenvalue weighted by atomic mass is 10.2. The molecule has 0 atom stereocenters. The first kappa shape index (κ1) is 13.7. The summed E-state index contributed by atoms with van der Waals surface area (Å²) >= 11 is 1.59. The molecule has 0 bridgehead atoms. The number of allylic oxidation sites excluding steroid dienone is 1. The van der Waals surface area contributed by atoms with Gasteiger partial charge in [-0.3, -0.25) is 9.48 Å². The van der Waals surface area contributed by atoms with Gasteiger partial charge in [-0.05, 0) is 43.7 Å². The number of aromatic nitrogens is 2. The summed E-state index contributed by atoms with van der Waals surface area (Å²) in [6.45, 7) is 4.98. The van der Waals surface area contributed by atoms with Crippen molar-refractivity contribution in [2.24, 2.45) is 0 Å². The van der Waals surface area contributed by atoms with Gasteiger partial charge in [-0.15, -0.1) is 11.3 Å². The maximum absolute atomic E-state index is 12.1. The molecule has 0 N–H and O–H groups in total. The third-order valence-corrected chi connectivity index (χ3v) is 4.01. The minimum Gasteiger partial charge on any atom is -0.288 e. The van der Waals surface area contributed by atoms with E-state index in [9.17, 15) is 4.79 Å². The molecule has 0 aliphatic carbocycles. The second kappa shape index (κ2) is 6.48. The molecule has 0 saturated heterocycles. The van der Waals surface area contributed by atoms with Crippen LogP contribution >= 0.6 is 11.3 Å². The number of thiophene rings is 1. The van der Waals surface area contributed by atoms with E-state index in [1.165, 1.54) is 4.88 Å². The molecule has 100 valence electrons. The minimum absolute atomic E-state index is 0.0659. The van der Waals surface area contributed by atoms with E-state index in [0.717, 1.165) is 30.0 Å². The Hall–Kier alpha value is -1.68. The third-order valence-electron chi connectivity index (χ3n) is 2.86. The fourth-order valence-electron chi connectivity index (χ4n) is 1.88. The van der Waals surface area contributed by atoms with Crippen molar-refractivity contribution < 1.29 is 4.79 Å². The largest absolute Gasteiger partial charge is 0.288 e. The van der Waals surface area contributed by atoms with Crippen LogP contribution < -0.4 is 0 Å². The van der Waals surface area contributed by atoms with E-state index in [2.05, 4.69) is 12.0 Å². The summed E-state index contributed by atoms with van der Waals surface area (Å²) in [5.74, 6) is 0.0659. The van der Waals surface area contributed by atoms with E-state index < -0.39 is 0 Å². The molecule has 2 aromatic rings. The summed E-state index contributed by atoms with van der Waals surface area (Å²) in [6.07, 6.45) is 7.37. The molecule has 0 spiro atoms. The number of nitrogens with zero attached hydrogens (tertiary/aromatic N) is 2. The number of carbonyl (C=O) groups is 1. The van der Waals surface area contributed by atoms with Gasteiger partial charge < -0.3 is 0 Å². The maximum atomic E-state index is 12.1. The molecule has 0 aromatic carbocycles. The topological polar surface area (TPSA) is 34.9 Å². The molecule has 0 aliphatic rings. The highest BCUT2D eigenvalue weighted by Crippen LogP contribution is 2.19. The molecule has 0 unspecified atom stereocenters. The number of hydrogen-bond donors (Lipinski definition) is 0. The Morgan fingerprint density at radius 3 is 2.95 bits per heavy atom. The molecule has 0 aliphatic heterocycles. The van der Waals surface area contributed by atoms with Crippen molar-refractivity contribution in [3.05, 3.63) is 45.9 Å². The molecular formula is C15H18N2OS. The van der Waals surface area contributed by atoms with Crippen LogP contribution in [0, 0.1) is 0 Å². The number of rotatable bonds is 6. The third kappa shape index (κ3) is 3.41. The zero-order chi connectivity index (χ0) is 13.7. The van der Waals surface area contributed by atoms with Crippen LogP contribution in [0.4, 0.5) is 0 Å². The van der Waals surface area contributed by atoms with Gasteiger partial charge in [0.05, 0.1) is 10.6 Å². The molecule has 19 heavy (non-hydrogen) atoms. The van der Waals surface area contributed by atoms with Crippen LogP contribution in [0.15, 0.2) is 30.5 Å². The van der Waals surface area contributed by atoms with E-state index in [4.69, 9.17) is 0 Å². The summed E-state index contributed by atoms with van der Waals surface area (Å²) in [5.41, 5.74) is 0.959. The van der Waals surface area contributed by atoms with Gasteiger partial charge in [0.25, 0.3) is 0 Å². The standard InChI is InChI=1S/C15H18N2OS/c1-3-5-13-7-9-15(19-13)14(18)8-6-12-10-11-16-17(12)4-2/h6-11H,3-5H2,1-2H3/b8-6+. The maximum Gasteiger partial charge on any atom is 0.195 e. The number of carbonyl (C=O) groups excluding carboxylic acids is 1. The van der Waals surface area contributed by atoms with Gasteiger partial charge in [0.2, 0.25) is 0 Å². The lowest BCUT2D eigenvalue weighted by Crippen LogP contribution is -1.98. The zero-order valence-corrected chi connectivity index (χ0v) is 12.1. The van der Waals surface area contributed by atoms with Crippen molar-refractivity contribution in [2.45, 2.75) is 33.2 Å². The Bertz CT molecular complexity index is 580. The van der Waals surface area contributed by atoms with E-state index in [-0.39, 0.29) is 5.78 Å². The van der Waals surface area contributed by atoms with Crippen molar-refractivity contribution in [3.8, 4) is 0 Å². The number of aryl methyl sites for hydroxylation is 2. The van der Waals surface area contributed by atoms with Crippen LogP contribution in [0.5, 0.6) is 0 Å². The van der Waals surface area contributed by atoms with Crippen molar-refractivity contribution in [1.82, 2.24) is 9.78 Å². The van der Waals surface area contributed by atoms with Crippen molar-refractivity contribution >= 4 is 23.2 Å². The van der Waals surface area contributed by atoms with Gasteiger partial charge in [0, 0.05) is 17.6 Å². The normalized spacial score (nSPS) is 11.3. The first-order valence-electron chi connectivity index (χ1n) is 6.57. The molecular weight excluding hydrogens is 256 g/mol. The highest BCUT2D eigenvalue weighted by atomic mass is 32.1. The molecule has 4 heteroatoms. The predicted octanol–water partition coefficient (Wildman–Crippen LogP) is 3.81. The molecule has 2 heterocycles. The Balaban J connectivity index is 2.07. The van der Waals surface area contributed by atoms with Gasteiger partial charge >= 0.3 is 0 Å². The summed E-state index contributed by atoms with van der Waals surface area (Å²) in [6, 6.07) is 5.87. The fourth-order valence-corrected chi connectivity index (χ4v) is 2.91. The molecule has 2 rings (SSSR count). The van der Waals surface area contributed by atoms with E-state index in [1.54, 1.807) is 23.6 Å². The van der Waals surface area contributed by atoms with E-state index in [0.29, 0.717) is 0 Å². The summed E-state index contributed by atoms with van der Waals surface area (Å²) in [7, 11) is 0. The molecule has 0 saturated carbocycles. The first-order chi connectivity index (χ1) is 9.24. The van der Waals surface area contributed by atoms with Crippen molar-refractivity contribution in [3.63, 3.8) is 0 Å². The van der Waals surface area contributed by atoms with E-state index >= 15 is 0 Å². The second-order valence-electron chi connectivity index (χ2n) is 4.29. The Kier molecular flexibility index (Phi) is 4.68. The molecule has 3 nitrogen and oxygen atoms in total. The highest BCUT2D eigenvalue weighted by Gasteiger charge is 2.06. The SMILES string of the molecule is CCCc1ccc(C(=O)/C=C/c2ccnn2CC)s1. The van der Waals surface area contributed by atoms with Gasteiger partial charge in [0.1, 0.15) is 0 Å². The summed E-state index contributed by atoms with van der Waals surface area (Å²) < 4.78 is 1.86. The minimum atomic E-state index is 0.0659. The van der Waals surface area contributed by atoms with Crippen LogP contribution in [-0.2, 0) is 13.0 Å². The number of ketones is 1. The summed E-state index contributed by atoms with van der Waals surface area (Å²) in [4.78, 5) is 14.1. The van der Waals surface area contributed by atoms with Crippen LogP contribution in [0.3, 0.4) is 0 Å². The van der Waals surface area contributed by atoms with Gasteiger partial charge in [-0.2, -0.15) is 5.10 Å². The average Bonchev–Trinajstić information content (AvgIpc) is 3.04. The average molecular weight is 274 g/mol. The molecule has 0 amide bonds. The lowest BCUT2D eigenvalue weighted by Gasteiger charge is -1.98.